The molecule has 1 aliphatic carbocycles. The Morgan fingerprint density at radius 3 is 2.52 bits per heavy atom. The van der Waals surface area contributed by atoms with E-state index in [0.29, 0.717) is 27.7 Å². The fraction of sp³-hybridized carbons (Fsp3) is 0.227. The number of H-pyrrole nitrogens is 1. The first-order chi connectivity index (χ1) is 15.0. The van der Waals surface area contributed by atoms with Gasteiger partial charge in [-0.2, -0.15) is 5.10 Å². The summed E-state index contributed by atoms with van der Waals surface area (Å²) in [5.74, 6) is -1.50. The number of esters is 1. The van der Waals surface area contributed by atoms with Crippen molar-refractivity contribution in [2.45, 2.75) is 25.3 Å². The predicted molar refractivity (Wildman–Crippen MR) is 113 cm³/mol. The summed E-state index contributed by atoms with van der Waals surface area (Å²) in [6.45, 7) is -0.515. The second-order valence-corrected chi connectivity index (χ2v) is 7.22. The van der Waals surface area contributed by atoms with Gasteiger partial charge in [0.05, 0.1) is 28.8 Å². The third-order valence-electron chi connectivity index (χ3n) is 4.81. The number of rotatable bonds is 7. The van der Waals surface area contributed by atoms with Crippen LogP contribution in [0.3, 0.4) is 0 Å². The molecule has 0 bridgehead atoms. The van der Waals surface area contributed by atoms with Gasteiger partial charge >= 0.3 is 5.97 Å². The van der Waals surface area contributed by atoms with E-state index in [2.05, 4.69) is 20.8 Å². The number of ether oxygens (including phenoxy) is 1. The highest BCUT2D eigenvalue weighted by molar-refractivity contribution is 6.04. The molecule has 0 spiro atoms. The molecule has 9 nitrogen and oxygen atoms in total. The van der Waals surface area contributed by atoms with Crippen LogP contribution in [0.1, 0.15) is 28.9 Å². The zero-order valence-corrected chi connectivity index (χ0v) is 16.5. The minimum atomic E-state index is -0.667. The largest absolute Gasteiger partial charge is 0.455 e. The molecule has 3 aromatic rings. The van der Waals surface area contributed by atoms with Crippen LogP contribution in [-0.2, 0) is 20.7 Å². The molecule has 31 heavy (non-hydrogen) atoms. The summed E-state index contributed by atoms with van der Waals surface area (Å²) >= 11 is 0. The van der Waals surface area contributed by atoms with Crippen LogP contribution in [0.2, 0.25) is 0 Å². The average molecular weight is 420 g/mol. The maximum atomic E-state index is 12.3. The predicted octanol–water partition coefficient (Wildman–Crippen LogP) is 1.54. The minimum absolute atomic E-state index is 0.190. The summed E-state index contributed by atoms with van der Waals surface area (Å²) in [5.41, 5.74) is 0.687. The van der Waals surface area contributed by atoms with E-state index in [9.17, 15) is 19.2 Å². The van der Waals surface area contributed by atoms with E-state index in [4.69, 9.17) is 4.74 Å². The number of fused-ring (bicyclic) bond motifs is 1. The molecule has 0 unspecified atom stereocenters. The van der Waals surface area contributed by atoms with Crippen LogP contribution in [0, 0.1) is 0 Å². The van der Waals surface area contributed by atoms with Crippen molar-refractivity contribution in [2.24, 2.45) is 0 Å². The normalized spacial score (nSPS) is 12.9. The van der Waals surface area contributed by atoms with Gasteiger partial charge in [-0.25, -0.2) is 5.10 Å². The van der Waals surface area contributed by atoms with Crippen molar-refractivity contribution in [3.63, 3.8) is 0 Å². The van der Waals surface area contributed by atoms with Crippen molar-refractivity contribution >= 4 is 34.2 Å². The molecule has 2 amide bonds. The Hall–Kier alpha value is -4.01. The maximum Gasteiger partial charge on any atom is 0.312 e. The third kappa shape index (κ3) is 4.95. The number of hydrogen-bond acceptors (Lipinski definition) is 6. The van der Waals surface area contributed by atoms with Crippen molar-refractivity contribution in [1.29, 1.82) is 0 Å². The Morgan fingerprint density at radius 2 is 1.74 bits per heavy atom. The monoisotopic (exact) mass is 420 g/mol. The van der Waals surface area contributed by atoms with E-state index >= 15 is 0 Å². The summed E-state index contributed by atoms with van der Waals surface area (Å²) in [6, 6.07) is 13.6. The Morgan fingerprint density at radius 1 is 1.03 bits per heavy atom. The van der Waals surface area contributed by atoms with Crippen molar-refractivity contribution in [3.8, 4) is 0 Å². The van der Waals surface area contributed by atoms with Crippen LogP contribution in [0.4, 0.5) is 5.69 Å². The van der Waals surface area contributed by atoms with Crippen molar-refractivity contribution in [1.82, 2.24) is 15.5 Å². The highest BCUT2D eigenvalue weighted by Gasteiger charge is 2.25. The summed E-state index contributed by atoms with van der Waals surface area (Å²) in [5, 5.41) is 12.7. The van der Waals surface area contributed by atoms with Gasteiger partial charge in [-0.15, -0.1) is 0 Å². The lowest BCUT2D eigenvalue weighted by atomic mass is 10.1. The quantitative estimate of drug-likeness (QED) is 0.497. The molecule has 1 saturated carbocycles. The topological polar surface area (TPSA) is 130 Å². The number of anilines is 1. The fourth-order valence-corrected chi connectivity index (χ4v) is 3.11. The molecule has 3 N–H and O–H groups in total. The molecule has 0 atom stereocenters. The lowest BCUT2D eigenvalue weighted by molar-refractivity contribution is -0.146. The molecule has 1 fully saturated rings. The first-order valence-corrected chi connectivity index (χ1v) is 9.83. The SMILES string of the molecule is O=C(COC(=O)Cc1n[nH]c(=O)c2ccccc12)Nc1ccccc1C(=O)NC1CC1. The second kappa shape index (κ2) is 8.78. The number of para-hydroxylation sites is 1. The Balaban J connectivity index is 1.36. The van der Waals surface area contributed by atoms with Gasteiger partial charge in [0.15, 0.2) is 6.61 Å². The average Bonchev–Trinajstić information content (AvgIpc) is 3.59. The molecule has 1 heterocycles. The van der Waals surface area contributed by atoms with Crippen LogP contribution >= 0.6 is 0 Å². The zero-order valence-electron chi connectivity index (χ0n) is 16.5. The molecule has 158 valence electrons. The van der Waals surface area contributed by atoms with Gasteiger partial charge in [-0.05, 0) is 31.0 Å². The molecular formula is C22H20N4O5. The fourth-order valence-electron chi connectivity index (χ4n) is 3.11. The maximum absolute atomic E-state index is 12.3. The number of nitrogens with one attached hydrogen (secondary N) is 3. The number of hydrogen-bond donors (Lipinski definition) is 3. The van der Waals surface area contributed by atoms with Gasteiger partial charge in [0, 0.05) is 11.4 Å². The Labute approximate surface area is 176 Å². The lowest BCUT2D eigenvalue weighted by Gasteiger charge is -2.11. The molecule has 0 aliphatic heterocycles. The first-order valence-electron chi connectivity index (χ1n) is 9.83. The van der Waals surface area contributed by atoms with Crippen LogP contribution in [0.25, 0.3) is 10.8 Å². The van der Waals surface area contributed by atoms with Crippen LogP contribution < -0.4 is 16.2 Å². The number of carbonyl (C=O) groups is 3. The zero-order chi connectivity index (χ0) is 21.8. The van der Waals surface area contributed by atoms with E-state index in [1.54, 1.807) is 48.5 Å². The summed E-state index contributed by atoms with van der Waals surface area (Å²) < 4.78 is 5.05. The van der Waals surface area contributed by atoms with Gasteiger partial charge in [-0.3, -0.25) is 19.2 Å². The first kappa shape index (κ1) is 20.3. The molecule has 1 aromatic heterocycles. The molecule has 0 saturated heterocycles. The van der Waals surface area contributed by atoms with Crippen LogP contribution in [0.15, 0.2) is 53.3 Å². The molecule has 4 rings (SSSR count). The summed E-state index contributed by atoms with van der Waals surface area (Å²) in [4.78, 5) is 48.6. The van der Waals surface area contributed by atoms with E-state index in [1.807, 2.05) is 0 Å². The van der Waals surface area contributed by atoms with Gasteiger partial charge in [0.25, 0.3) is 17.4 Å². The van der Waals surface area contributed by atoms with Gasteiger partial charge in [-0.1, -0.05) is 30.3 Å². The minimum Gasteiger partial charge on any atom is -0.455 e. The molecule has 9 heteroatoms. The van der Waals surface area contributed by atoms with E-state index in [-0.39, 0.29) is 23.9 Å². The van der Waals surface area contributed by atoms with Gasteiger partial charge in [0.2, 0.25) is 0 Å². The number of benzene rings is 2. The van der Waals surface area contributed by atoms with E-state index < -0.39 is 18.5 Å². The van der Waals surface area contributed by atoms with Crippen molar-refractivity contribution in [2.75, 3.05) is 11.9 Å². The molecule has 1 aliphatic rings. The molecular weight excluding hydrogens is 400 g/mol. The molecule has 2 aromatic carbocycles. The van der Waals surface area contributed by atoms with Crippen molar-refractivity contribution < 1.29 is 19.1 Å². The second-order valence-electron chi connectivity index (χ2n) is 7.22. The summed E-state index contributed by atoms with van der Waals surface area (Å²) in [7, 11) is 0. The van der Waals surface area contributed by atoms with Crippen LogP contribution in [0.5, 0.6) is 0 Å². The van der Waals surface area contributed by atoms with E-state index in [1.165, 1.54) is 0 Å². The van der Waals surface area contributed by atoms with Crippen LogP contribution in [-0.4, -0.2) is 40.6 Å². The number of aromatic amines is 1. The smallest absolute Gasteiger partial charge is 0.312 e. The number of aromatic nitrogens is 2. The lowest BCUT2D eigenvalue weighted by Crippen LogP contribution is -2.28. The van der Waals surface area contributed by atoms with Gasteiger partial charge < -0.3 is 15.4 Å². The Kier molecular flexibility index (Phi) is 5.74. The number of carbonyl (C=O) groups excluding carboxylic acids is 3. The third-order valence-corrected chi connectivity index (χ3v) is 4.81. The standard InChI is InChI=1S/C22H20N4O5/c27-19(24-17-8-4-3-7-16(17)21(29)23-13-9-10-13)12-31-20(28)11-18-14-5-1-2-6-15(14)22(30)26-25-18/h1-8,13H,9-12H2,(H,23,29)(H,24,27)(H,26,30). The number of nitrogens with zero attached hydrogens (tertiary/aromatic N) is 1. The van der Waals surface area contributed by atoms with Crippen molar-refractivity contribution in [3.05, 3.63) is 70.1 Å². The Bertz CT molecular complexity index is 1220. The van der Waals surface area contributed by atoms with Gasteiger partial charge in [0.1, 0.15) is 0 Å². The highest BCUT2D eigenvalue weighted by Crippen LogP contribution is 2.21. The molecule has 0 radical (unpaired) electrons. The highest BCUT2D eigenvalue weighted by atomic mass is 16.5. The summed E-state index contributed by atoms with van der Waals surface area (Å²) in [6.07, 6.45) is 1.70. The van der Waals surface area contributed by atoms with E-state index in [0.717, 1.165) is 12.8 Å². The number of amides is 2.